The summed E-state index contributed by atoms with van der Waals surface area (Å²) >= 11 is 6.12. The zero-order valence-electron chi connectivity index (χ0n) is 11.8. The number of hydrogen-bond acceptors (Lipinski definition) is 3. The average Bonchev–Trinajstić information content (AvgIpc) is 2.36. The molecule has 0 bridgehead atoms. The molecule has 0 saturated carbocycles. The second kappa shape index (κ2) is 6.20. The van der Waals surface area contributed by atoms with E-state index in [1.807, 2.05) is 38.1 Å². The Morgan fingerprint density at radius 2 is 2.05 bits per heavy atom. The third-order valence-electron chi connectivity index (χ3n) is 3.25. The molecule has 20 heavy (non-hydrogen) atoms. The fourth-order valence-corrected chi connectivity index (χ4v) is 2.46. The van der Waals surface area contributed by atoms with E-state index in [1.165, 1.54) is 0 Å². The molecule has 0 radical (unpaired) electrons. The van der Waals surface area contributed by atoms with Crippen molar-refractivity contribution >= 4 is 11.6 Å². The molecule has 0 amide bonds. The van der Waals surface area contributed by atoms with Crippen molar-refractivity contribution < 1.29 is 0 Å². The van der Waals surface area contributed by atoms with Crippen molar-refractivity contribution in [3.8, 4) is 0 Å². The maximum atomic E-state index is 12.0. The molecule has 1 aromatic heterocycles. The number of halogens is 1. The molecule has 0 saturated heterocycles. The molecular weight excluding hydrogens is 274 g/mol. The summed E-state index contributed by atoms with van der Waals surface area (Å²) in [6.45, 7) is 6.18. The van der Waals surface area contributed by atoms with Crippen LogP contribution in [0.5, 0.6) is 0 Å². The minimum atomic E-state index is -0.0943. The standard InChI is InChI=1S/C15H18ClN3O/c1-9(14-10(2)18-11(3)19-15(14)20)17-8-12-6-4-5-7-13(12)16/h4-7,9,17H,8H2,1-3H3,(H,18,19,20). The first-order valence-corrected chi connectivity index (χ1v) is 6.91. The first-order chi connectivity index (χ1) is 9.49. The number of aromatic nitrogens is 2. The van der Waals surface area contributed by atoms with Gasteiger partial charge in [0.25, 0.3) is 5.56 Å². The molecule has 5 heteroatoms. The highest BCUT2D eigenvalue weighted by atomic mass is 35.5. The Morgan fingerprint density at radius 1 is 1.35 bits per heavy atom. The largest absolute Gasteiger partial charge is 0.310 e. The quantitative estimate of drug-likeness (QED) is 0.911. The maximum Gasteiger partial charge on any atom is 0.255 e. The number of aryl methyl sites for hydroxylation is 2. The molecule has 0 aliphatic carbocycles. The van der Waals surface area contributed by atoms with Crippen LogP contribution in [0.3, 0.4) is 0 Å². The Labute approximate surface area is 123 Å². The summed E-state index contributed by atoms with van der Waals surface area (Å²) in [4.78, 5) is 19.1. The van der Waals surface area contributed by atoms with Gasteiger partial charge in [-0.1, -0.05) is 29.8 Å². The van der Waals surface area contributed by atoms with E-state index in [2.05, 4.69) is 15.3 Å². The molecule has 1 unspecified atom stereocenters. The van der Waals surface area contributed by atoms with Crippen LogP contribution >= 0.6 is 11.6 Å². The minimum Gasteiger partial charge on any atom is -0.310 e. The lowest BCUT2D eigenvalue weighted by Gasteiger charge is -2.16. The van der Waals surface area contributed by atoms with Gasteiger partial charge in [-0.3, -0.25) is 4.79 Å². The predicted molar refractivity (Wildman–Crippen MR) is 81.0 cm³/mol. The Balaban J connectivity index is 2.16. The van der Waals surface area contributed by atoms with Gasteiger partial charge in [-0.2, -0.15) is 0 Å². The van der Waals surface area contributed by atoms with Crippen LogP contribution in [0.15, 0.2) is 29.1 Å². The predicted octanol–water partition coefficient (Wildman–Crippen LogP) is 2.89. The molecule has 2 aromatic rings. The molecule has 2 rings (SSSR count). The molecule has 1 heterocycles. The van der Waals surface area contributed by atoms with Crippen molar-refractivity contribution in [3.05, 3.63) is 62.3 Å². The lowest BCUT2D eigenvalue weighted by molar-refractivity contribution is 0.562. The minimum absolute atomic E-state index is 0.0887. The summed E-state index contributed by atoms with van der Waals surface area (Å²) in [6.07, 6.45) is 0. The number of hydrogen-bond donors (Lipinski definition) is 2. The Hall–Kier alpha value is -1.65. The van der Waals surface area contributed by atoms with Crippen LogP contribution in [-0.2, 0) is 6.54 Å². The fraction of sp³-hybridized carbons (Fsp3) is 0.333. The number of nitrogens with one attached hydrogen (secondary N) is 2. The highest BCUT2D eigenvalue weighted by Crippen LogP contribution is 2.17. The van der Waals surface area contributed by atoms with E-state index >= 15 is 0 Å². The molecule has 1 aromatic carbocycles. The highest BCUT2D eigenvalue weighted by Gasteiger charge is 2.14. The van der Waals surface area contributed by atoms with Crippen LogP contribution in [0, 0.1) is 13.8 Å². The van der Waals surface area contributed by atoms with E-state index < -0.39 is 0 Å². The van der Waals surface area contributed by atoms with Crippen molar-refractivity contribution in [2.75, 3.05) is 0 Å². The number of nitrogens with zero attached hydrogens (tertiary/aromatic N) is 1. The molecule has 0 spiro atoms. The smallest absolute Gasteiger partial charge is 0.255 e. The second-order valence-corrected chi connectivity index (χ2v) is 5.25. The van der Waals surface area contributed by atoms with Crippen molar-refractivity contribution in [3.63, 3.8) is 0 Å². The van der Waals surface area contributed by atoms with Crippen LogP contribution in [-0.4, -0.2) is 9.97 Å². The van der Waals surface area contributed by atoms with Gasteiger partial charge in [-0.15, -0.1) is 0 Å². The number of benzene rings is 1. The van der Waals surface area contributed by atoms with Gasteiger partial charge >= 0.3 is 0 Å². The number of rotatable bonds is 4. The molecule has 0 aliphatic heterocycles. The average molecular weight is 292 g/mol. The van der Waals surface area contributed by atoms with Gasteiger partial charge in [0.1, 0.15) is 5.82 Å². The Morgan fingerprint density at radius 3 is 2.70 bits per heavy atom. The summed E-state index contributed by atoms with van der Waals surface area (Å²) in [6, 6.07) is 7.57. The van der Waals surface area contributed by atoms with Gasteiger partial charge in [0.05, 0.1) is 5.56 Å². The van der Waals surface area contributed by atoms with E-state index in [4.69, 9.17) is 11.6 Å². The van der Waals surface area contributed by atoms with Crippen molar-refractivity contribution in [2.45, 2.75) is 33.4 Å². The fourth-order valence-electron chi connectivity index (χ4n) is 2.25. The normalized spacial score (nSPS) is 12.4. The van der Waals surface area contributed by atoms with Crippen molar-refractivity contribution in [1.29, 1.82) is 0 Å². The van der Waals surface area contributed by atoms with Gasteiger partial charge in [0, 0.05) is 23.3 Å². The van der Waals surface area contributed by atoms with Gasteiger partial charge in [0.15, 0.2) is 0 Å². The highest BCUT2D eigenvalue weighted by molar-refractivity contribution is 6.31. The Bertz CT molecular complexity index is 666. The topological polar surface area (TPSA) is 57.8 Å². The van der Waals surface area contributed by atoms with E-state index in [-0.39, 0.29) is 11.6 Å². The summed E-state index contributed by atoms with van der Waals surface area (Å²) in [5.41, 5.74) is 2.34. The van der Waals surface area contributed by atoms with Gasteiger partial charge in [-0.05, 0) is 32.4 Å². The molecule has 1 atom stereocenters. The first-order valence-electron chi connectivity index (χ1n) is 6.53. The summed E-state index contributed by atoms with van der Waals surface area (Å²) in [5.74, 6) is 0.634. The number of aromatic amines is 1. The van der Waals surface area contributed by atoms with E-state index in [0.29, 0.717) is 17.9 Å². The lowest BCUT2D eigenvalue weighted by atomic mass is 10.1. The van der Waals surface area contributed by atoms with Crippen LogP contribution in [0.1, 0.15) is 35.6 Å². The maximum absolute atomic E-state index is 12.0. The third-order valence-corrected chi connectivity index (χ3v) is 3.62. The van der Waals surface area contributed by atoms with Crippen molar-refractivity contribution in [2.24, 2.45) is 0 Å². The van der Waals surface area contributed by atoms with E-state index in [0.717, 1.165) is 16.3 Å². The SMILES string of the molecule is Cc1nc(C)c(C(C)NCc2ccccc2Cl)c(=O)[nH]1. The zero-order valence-corrected chi connectivity index (χ0v) is 12.6. The van der Waals surface area contributed by atoms with Crippen LogP contribution in [0.4, 0.5) is 0 Å². The molecule has 0 fully saturated rings. The van der Waals surface area contributed by atoms with Crippen LogP contribution in [0.2, 0.25) is 5.02 Å². The van der Waals surface area contributed by atoms with Crippen molar-refractivity contribution in [1.82, 2.24) is 15.3 Å². The van der Waals surface area contributed by atoms with E-state index in [1.54, 1.807) is 6.92 Å². The van der Waals surface area contributed by atoms with Gasteiger partial charge < -0.3 is 10.3 Å². The third kappa shape index (κ3) is 3.26. The van der Waals surface area contributed by atoms with Gasteiger partial charge in [-0.25, -0.2) is 4.98 Å². The van der Waals surface area contributed by atoms with Crippen LogP contribution < -0.4 is 10.9 Å². The summed E-state index contributed by atoms with van der Waals surface area (Å²) in [7, 11) is 0. The lowest BCUT2D eigenvalue weighted by Crippen LogP contribution is -2.27. The molecule has 2 N–H and O–H groups in total. The summed E-state index contributed by atoms with van der Waals surface area (Å²) < 4.78 is 0. The van der Waals surface area contributed by atoms with Gasteiger partial charge in [0.2, 0.25) is 0 Å². The molecule has 106 valence electrons. The van der Waals surface area contributed by atoms with E-state index in [9.17, 15) is 4.79 Å². The number of H-pyrrole nitrogens is 1. The second-order valence-electron chi connectivity index (χ2n) is 4.84. The van der Waals surface area contributed by atoms with Crippen LogP contribution in [0.25, 0.3) is 0 Å². The monoisotopic (exact) mass is 291 g/mol. The Kier molecular flexibility index (Phi) is 4.57. The zero-order chi connectivity index (χ0) is 14.7. The first kappa shape index (κ1) is 14.8. The molecular formula is C15H18ClN3O. The summed E-state index contributed by atoms with van der Waals surface area (Å²) in [5, 5.41) is 4.03. The molecule has 4 nitrogen and oxygen atoms in total. The molecule has 0 aliphatic rings.